The first-order valence-electron chi connectivity index (χ1n) is 9.51. The van der Waals surface area contributed by atoms with Gasteiger partial charge in [-0.2, -0.15) is 0 Å². The number of nitrogens with one attached hydrogen (secondary N) is 1. The molecule has 3 rings (SSSR count). The molecule has 2 aliphatic rings. The Morgan fingerprint density at radius 2 is 2.04 bits per heavy atom. The highest BCUT2D eigenvalue weighted by atomic mass is 32.2. The van der Waals surface area contributed by atoms with E-state index >= 15 is 0 Å². The summed E-state index contributed by atoms with van der Waals surface area (Å²) in [5, 5.41) is 2.39. The number of rotatable bonds is 7. The van der Waals surface area contributed by atoms with Crippen LogP contribution in [-0.4, -0.2) is 69.5 Å². The first-order valence-corrected chi connectivity index (χ1v) is 10.4. The third kappa shape index (κ3) is 4.10. The zero-order valence-corrected chi connectivity index (χ0v) is 16.8. The second-order valence-electron chi connectivity index (χ2n) is 6.89. The van der Waals surface area contributed by atoms with Crippen LogP contribution in [0.1, 0.15) is 24.3 Å². The first kappa shape index (κ1) is 19.3. The van der Waals surface area contributed by atoms with Crippen LogP contribution in [-0.2, 0) is 4.79 Å². The van der Waals surface area contributed by atoms with Gasteiger partial charge in [-0.05, 0) is 24.6 Å². The van der Waals surface area contributed by atoms with Crippen LogP contribution >= 0.6 is 11.8 Å². The van der Waals surface area contributed by atoms with Gasteiger partial charge in [0.15, 0.2) is 0 Å². The van der Waals surface area contributed by atoms with Gasteiger partial charge in [0.2, 0.25) is 5.91 Å². The fourth-order valence-electron chi connectivity index (χ4n) is 3.77. The Bertz CT molecular complexity index is 622. The van der Waals surface area contributed by atoms with Gasteiger partial charge in [-0.1, -0.05) is 6.92 Å². The molecule has 0 aliphatic carbocycles. The molecule has 1 amide bonds. The molecule has 2 saturated heterocycles. The molecular weight excluding hydrogens is 350 g/mol. The van der Waals surface area contributed by atoms with Gasteiger partial charge >= 0.3 is 0 Å². The Balaban J connectivity index is 1.81. The molecule has 7 heteroatoms. The third-order valence-electron chi connectivity index (χ3n) is 5.32. The maximum atomic E-state index is 13.0. The third-order valence-corrected chi connectivity index (χ3v) is 6.95. The Labute approximate surface area is 160 Å². The van der Waals surface area contributed by atoms with Crippen molar-refractivity contribution in [2.24, 2.45) is 0 Å². The SMILES string of the molecule is CC[C@@H]1S[C@H](c2cc(OC)ccc2OC)N(CC[NH+]2CC[NH2+]CC2)C1=O. The van der Waals surface area contributed by atoms with Crippen molar-refractivity contribution in [2.75, 3.05) is 53.5 Å². The number of hydrogen-bond acceptors (Lipinski definition) is 4. The molecule has 2 fully saturated rings. The van der Waals surface area contributed by atoms with E-state index in [1.165, 1.54) is 26.2 Å². The smallest absolute Gasteiger partial charge is 0.237 e. The standard InChI is InChI=1S/C19H29N3O3S/c1-4-17-18(23)22(12-11-21-9-7-20-8-10-21)19(26-17)15-13-14(24-2)5-6-16(15)25-3/h5-6,13,17,19-20H,4,7-12H2,1-3H3/p+2/t17-,19+/m0/s1. The summed E-state index contributed by atoms with van der Waals surface area (Å²) in [6.07, 6.45) is 0.855. The van der Waals surface area contributed by atoms with E-state index in [0.717, 1.165) is 36.6 Å². The van der Waals surface area contributed by atoms with Crippen molar-refractivity contribution in [1.82, 2.24) is 4.90 Å². The number of benzene rings is 1. The summed E-state index contributed by atoms with van der Waals surface area (Å²) in [4.78, 5) is 16.6. The topological polar surface area (TPSA) is 59.8 Å². The van der Waals surface area contributed by atoms with Crippen LogP contribution in [0.3, 0.4) is 0 Å². The minimum Gasteiger partial charge on any atom is -0.497 e. The van der Waals surface area contributed by atoms with E-state index in [2.05, 4.69) is 17.1 Å². The van der Waals surface area contributed by atoms with Crippen LogP contribution in [0.15, 0.2) is 18.2 Å². The number of carbonyl (C=O) groups is 1. The van der Waals surface area contributed by atoms with E-state index in [-0.39, 0.29) is 16.5 Å². The van der Waals surface area contributed by atoms with Crippen LogP contribution < -0.4 is 19.7 Å². The van der Waals surface area contributed by atoms with Crippen molar-refractivity contribution >= 4 is 17.7 Å². The van der Waals surface area contributed by atoms with Crippen molar-refractivity contribution in [3.63, 3.8) is 0 Å². The number of piperazine rings is 1. The molecule has 0 spiro atoms. The number of thioether (sulfide) groups is 1. The maximum Gasteiger partial charge on any atom is 0.237 e. The fraction of sp³-hybridized carbons (Fsp3) is 0.632. The summed E-state index contributed by atoms with van der Waals surface area (Å²) >= 11 is 1.74. The van der Waals surface area contributed by atoms with Gasteiger partial charge in [-0.25, -0.2) is 0 Å². The van der Waals surface area contributed by atoms with Crippen LogP contribution in [0, 0.1) is 0 Å². The predicted molar refractivity (Wildman–Crippen MR) is 103 cm³/mol. The molecule has 1 aromatic carbocycles. The van der Waals surface area contributed by atoms with Crippen LogP contribution in [0.25, 0.3) is 0 Å². The molecule has 1 aromatic rings. The van der Waals surface area contributed by atoms with Crippen molar-refractivity contribution in [2.45, 2.75) is 24.0 Å². The highest BCUT2D eigenvalue weighted by Crippen LogP contribution is 2.47. The van der Waals surface area contributed by atoms with Crippen molar-refractivity contribution in [1.29, 1.82) is 0 Å². The Hall–Kier alpha value is -1.44. The normalized spacial score (nSPS) is 24.1. The van der Waals surface area contributed by atoms with Gasteiger partial charge in [0.1, 0.15) is 43.1 Å². The van der Waals surface area contributed by atoms with Crippen molar-refractivity contribution in [3.05, 3.63) is 23.8 Å². The number of methoxy groups -OCH3 is 2. The fourth-order valence-corrected chi connectivity index (χ4v) is 5.21. The molecule has 144 valence electrons. The molecule has 26 heavy (non-hydrogen) atoms. The monoisotopic (exact) mass is 381 g/mol. The van der Waals surface area contributed by atoms with E-state index in [0.29, 0.717) is 0 Å². The molecule has 0 bridgehead atoms. The molecule has 2 aliphatic heterocycles. The molecule has 6 nitrogen and oxygen atoms in total. The number of nitrogens with two attached hydrogens (primary N) is 1. The van der Waals surface area contributed by atoms with Gasteiger partial charge in [0.25, 0.3) is 0 Å². The molecule has 2 heterocycles. The van der Waals surface area contributed by atoms with E-state index in [9.17, 15) is 4.79 Å². The highest BCUT2D eigenvalue weighted by molar-refractivity contribution is 8.01. The molecule has 0 unspecified atom stereocenters. The van der Waals surface area contributed by atoms with Crippen LogP contribution in [0.5, 0.6) is 11.5 Å². The number of hydrogen-bond donors (Lipinski definition) is 2. The van der Waals surface area contributed by atoms with Gasteiger partial charge in [0, 0.05) is 5.56 Å². The van der Waals surface area contributed by atoms with Gasteiger partial charge in [-0.3, -0.25) is 4.79 Å². The van der Waals surface area contributed by atoms with Crippen LogP contribution in [0.2, 0.25) is 0 Å². The quantitative estimate of drug-likeness (QED) is 0.670. The molecule has 0 radical (unpaired) electrons. The van der Waals surface area contributed by atoms with Gasteiger partial charge in [0.05, 0.1) is 32.6 Å². The summed E-state index contributed by atoms with van der Waals surface area (Å²) in [7, 11) is 3.35. The number of carbonyl (C=O) groups excluding carboxylic acids is 1. The average molecular weight is 382 g/mol. The average Bonchev–Trinajstić information content (AvgIpc) is 3.02. The molecular formula is C19H31N3O3S+2. The predicted octanol–water partition coefficient (Wildman–Crippen LogP) is -0.482. The molecule has 3 N–H and O–H groups in total. The number of nitrogens with zero attached hydrogens (tertiary/aromatic N) is 1. The van der Waals surface area contributed by atoms with E-state index in [1.807, 2.05) is 18.2 Å². The minimum absolute atomic E-state index is 0.00625. The number of ether oxygens (including phenoxy) is 2. The lowest BCUT2D eigenvalue weighted by Gasteiger charge is -2.28. The van der Waals surface area contributed by atoms with Crippen molar-refractivity contribution < 1.29 is 24.5 Å². The molecule has 0 aromatic heterocycles. The lowest BCUT2D eigenvalue weighted by Crippen LogP contribution is -3.20. The Kier molecular flexibility index (Phi) is 6.67. The van der Waals surface area contributed by atoms with Crippen molar-refractivity contribution in [3.8, 4) is 11.5 Å². The number of amides is 1. The maximum absolute atomic E-state index is 13.0. The summed E-state index contributed by atoms with van der Waals surface area (Å²) in [5.74, 6) is 1.87. The second kappa shape index (κ2) is 8.97. The van der Waals surface area contributed by atoms with Gasteiger partial charge in [-0.15, -0.1) is 11.8 Å². The van der Waals surface area contributed by atoms with Crippen LogP contribution in [0.4, 0.5) is 0 Å². The Morgan fingerprint density at radius 3 is 2.69 bits per heavy atom. The second-order valence-corrected chi connectivity index (χ2v) is 8.18. The summed E-state index contributed by atoms with van der Waals surface area (Å²) < 4.78 is 11.0. The molecule has 0 saturated carbocycles. The number of quaternary nitrogens is 2. The van der Waals surface area contributed by atoms with Gasteiger partial charge < -0.3 is 24.6 Å². The summed E-state index contributed by atoms with van der Waals surface area (Å²) in [6, 6.07) is 5.85. The molecule has 2 atom stereocenters. The largest absolute Gasteiger partial charge is 0.497 e. The van der Waals surface area contributed by atoms with E-state index in [1.54, 1.807) is 30.9 Å². The summed E-state index contributed by atoms with van der Waals surface area (Å²) in [6.45, 7) is 8.62. The minimum atomic E-state index is -0.00625. The zero-order chi connectivity index (χ0) is 18.5. The highest BCUT2D eigenvalue weighted by Gasteiger charge is 2.41. The zero-order valence-electron chi connectivity index (χ0n) is 16.0. The Morgan fingerprint density at radius 1 is 1.27 bits per heavy atom. The van der Waals surface area contributed by atoms with E-state index < -0.39 is 0 Å². The van der Waals surface area contributed by atoms with E-state index in [4.69, 9.17) is 9.47 Å². The first-order chi connectivity index (χ1) is 12.7. The summed E-state index contributed by atoms with van der Waals surface area (Å²) in [5.41, 5.74) is 1.03. The lowest BCUT2D eigenvalue weighted by molar-refractivity contribution is -0.946. The lowest BCUT2D eigenvalue weighted by atomic mass is 10.1.